The predicted octanol–water partition coefficient (Wildman–Crippen LogP) is 2.67. The fourth-order valence-corrected chi connectivity index (χ4v) is 2.61. The monoisotopic (exact) mass is 212 g/mol. The van der Waals surface area contributed by atoms with E-state index >= 15 is 0 Å². The molecule has 1 aliphatic carbocycles. The topological polar surface area (TPSA) is 38.0 Å². The van der Waals surface area contributed by atoms with Crippen molar-refractivity contribution in [3.63, 3.8) is 0 Å². The Morgan fingerprint density at radius 3 is 2.27 bits per heavy atom. The minimum atomic E-state index is 0.252. The molecule has 0 aromatic heterocycles. The summed E-state index contributed by atoms with van der Waals surface area (Å²) >= 11 is 0. The zero-order valence-electron chi connectivity index (χ0n) is 10.6. The van der Waals surface area contributed by atoms with Gasteiger partial charge in [-0.25, -0.2) is 0 Å². The van der Waals surface area contributed by atoms with Crippen LogP contribution < -0.4 is 11.1 Å². The highest BCUT2D eigenvalue weighted by molar-refractivity contribution is 4.82. The molecule has 1 fully saturated rings. The zero-order valence-corrected chi connectivity index (χ0v) is 10.6. The van der Waals surface area contributed by atoms with Crippen molar-refractivity contribution in [2.45, 2.75) is 77.4 Å². The SMILES string of the molecule is CCC(NC(C)C(C)N)C1CCCCC1. The standard InChI is InChI=1S/C13H28N2/c1-4-13(15-11(3)10(2)14)12-8-6-5-7-9-12/h10-13,15H,4-9,14H2,1-3H3. The number of rotatable bonds is 5. The van der Waals surface area contributed by atoms with Crippen molar-refractivity contribution in [3.05, 3.63) is 0 Å². The molecule has 1 rings (SSSR count). The molecular weight excluding hydrogens is 184 g/mol. The first-order valence-electron chi connectivity index (χ1n) is 6.66. The first-order chi connectivity index (χ1) is 7.15. The van der Waals surface area contributed by atoms with Gasteiger partial charge in [0, 0.05) is 18.1 Å². The fourth-order valence-electron chi connectivity index (χ4n) is 2.61. The van der Waals surface area contributed by atoms with Crippen LogP contribution >= 0.6 is 0 Å². The summed E-state index contributed by atoms with van der Waals surface area (Å²) in [6.07, 6.45) is 8.36. The summed E-state index contributed by atoms with van der Waals surface area (Å²) in [4.78, 5) is 0. The molecule has 15 heavy (non-hydrogen) atoms. The van der Waals surface area contributed by atoms with Crippen LogP contribution in [0.5, 0.6) is 0 Å². The number of hydrogen-bond donors (Lipinski definition) is 2. The molecule has 0 amide bonds. The molecule has 3 N–H and O–H groups in total. The van der Waals surface area contributed by atoms with Gasteiger partial charge in [0.2, 0.25) is 0 Å². The van der Waals surface area contributed by atoms with Gasteiger partial charge >= 0.3 is 0 Å². The fraction of sp³-hybridized carbons (Fsp3) is 1.00. The third-order valence-corrected chi connectivity index (χ3v) is 3.92. The molecular formula is C13H28N2. The normalized spacial score (nSPS) is 24.8. The molecule has 0 heterocycles. The predicted molar refractivity (Wildman–Crippen MR) is 66.9 cm³/mol. The van der Waals surface area contributed by atoms with Crippen molar-refractivity contribution in [3.8, 4) is 0 Å². The average molecular weight is 212 g/mol. The second kappa shape index (κ2) is 6.49. The van der Waals surface area contributed by atoms with E-state index in [0.29, 0.717) is 12.1 Å². The van der Waals surface area contributed by atoms with Crippen LogP contribution in [0.4, 0.5) is 0 Å². The Morgan fingerprint density at radius 2 is 1.80 bits per heavy atom. The highest BCUT2D eigenvalue weighted by Gasteiger charge is 2.23. The minimum absolute atomic E-state index is 0.252. The molecule has 1 saturated carbocycles. The van der Waals surface area contributed by atoms with Gasteiger partial charge in [0.25, 0.3) is 0 Å². The smallest absolute Gasteiger partial charge is 0.0190 e. The molecule has 0 spiro atoms. The van der Waals surface area contributed by atoms with Crippen molar-refractivity contribution in [1.29, 1.82) is 0 Å². The van der Waals surface area contributed by atoms with Crippen LogP contribution in [0.1, 0.15) is 59.3 Å². The maximum absolute atomic E-state index is 5.91. The van der Waals surface area contributed by atoms with Gasteiger partial charge < -0.3 is 11.1 Å². The Morgan fingerprint density at radius 1 is 1.20 bits per heavy atom. The van der Waals surface area contributed by atoms with E-state index in [0.717, 1.165) is 5.92 Å². The van der Waals surface area contributed by atoms with E-state index in [1.165, 1.54) is 38.5 Å². The van der Waals surface area contributed by atoms with Crippen LogP contribution in [0.15, 0.2) is 0 Å². The molecule has 0 aliphatic heterocycles. The first-order valence-corrected chi connectivity index (χ1v) is 6.66. The van der Waals surface area contributed by atoms with Crippen molar-refractivity contribution in [1.82, 2.24) is 5.32 Å². The molecule has 90 valence electrons. The lowest BCUT2D eigenvalue weighted by Gasteiger charge is -2.33. The Bertz CT molecular complexity index is 162. The molecule has 0 aromatic rings. The van der Waals surface area contributed by atoms with E-state index in [9.17, 15) is 0 Å². The summed E-state index contributed by atoms with van der Waals surface area (Å²) in [6.45, 7) is 6.58. The Hall–Kier alpha value is -0.0800. The van der Waals surface area contributed by atoms with Crippen molar-refractivity contribution in [2.24, 2.45) is 11.7 Å². The molecule has 0 radical (unpaired) electrons. The maximum Gasteiger partial charge on any atom is 0.0190 e. The third kappa shape index (κ3) is 4.12. The van der Waals surface area contributed by atoms with E-state index in [-0.39, 0.29) is 6.04 Å². The summed E-state index contributed by atoms with van der Waals surface area (Å²) in [6, 6.07) is 1.38. The second-order valence-electron chi connectivity index (χ2n) is 5.23. The first kappa shape index (κ1) is 13.0. The summed E-state index contributed by atoms with van der Waals surface area (Å²) in [5.41, 5.74) is 5.91. The molecule has 0 aromatic carbocycles. The van der Waals surface area contributed by atoms with Crippen molar-refractivity contribution < 1.29 is 0 Å². The summed E-state index contributed by atoms with van der Waals surface area (Å²) in [7, 11) is 0. The lowest BCUT2D eigenvalue weighted by molar-refractivity contribution is 0.242. The van der Waals surface area contributed by atoms with Crippen LogP contribution in [0, 0.1) is 5.92 Å². The van der Waals surface area contributed by atoms with Gasteiger partial charge in [0.15, 0.2) is 0 Å². The van der Waals surface area contributed by atoms with Crippen LogP contribution in [-0.2, 0) is 0 Å². The molecule has 0 bridgehead atoms. The van der Waals surface area contributed by atoms with Crippen molar-refractivity contribution in [2.75, 3.05) is 0 Å². The lowest BCUT2D eigenvalue weighted by Crippen LogP contribution is -2.48. The molecule has 3 atom stereocenters. The highest BCUT2D eigenvalue weighted by atomic mass is 15.0. The van der Waals surface area contributed by atoms with Crippen LogP contribution in [0.3, 0.4) is 0 Å². The maximum atomic E-state index is 5.91. The Balaban J connectivity index is 2.39. The Kier molecular flexibility index (Phi) is 5.62. The summed E-state index contributed by atoms with van der Waals surface area (Å²) in [5, 5.41) is 3.71. The molecule has 2 nitrogen and oxygen atoms in total. The third-order valence-electron chi connectivity index (χ3n) is 3.92. The Labute approximate surface area is 95.0 Å². The van der Waals surface area contributed by atoms with Gasteiger partial charge in [0.05, 0.1) is 0 Å². The number of hydrogen-bond acceptors (Lipinski definition) is 2. The molecule has 1 aliphatic rings. The van der Waals surface area contributed by atoms with E-state index in [2.05, 4.69) is 26.1 Å². The van der Waals surface area contributed by atoms with Gasteiger partial charge in [0.1, 0.15) is 0 Å². The van der Waals surface area contributed by atoms with E-state index in [4.69, 9.17) is 5.73 Å². The minimum Gasteiger partial charge on any atom is -0.327 e. The summed E-state index contributed by atoms with van der Waals surface area (Å²) in [5.74, 6) is 0.893. The quantitative estimate of drug-likeness (QED) is 0.735. The van der Waals surface area contributed by atoms with Crippen LogP contribution in [0.2, 0.25) is 0 Å². The average Bonchev–Trinajstić information content (AvgIpc) is 2.26. The van der Waals surface area contributed by atoms with Crippen LogP contribution in [0.25, 0.3) is 0 Å². The van der Waals surface area contributed by atoms with E-state index < -0.39 is 0 Å². The largest absolute Gasteiger partial charge is 0.327 e. The van der Waals surface area contributed by atoms with E-state index in [1.54, 1.807) is 0 Å². The number of nitrogens with two attached hydrogens (primary N) is 1. The molecule has 0 saturated heterocycles. The highest BCUT2D eigenvalue weighted by Crippen LogP contribution is 2.27. The molecule has 3 unspecified atom stereocenters. The van der Waals surface area contributed by atoms with E-state index in [1.807, 2.05) is 0 Å². The van der Waals surface area contributed by atoms with Gasteiger partial charge in [-0.3, -0.25) is 0 Å². The van der Waals surface area contributed by atoms with Gasteiger partial charge in [-0.05, 0) is 39.0 Å². The number of nitrogens with one attached hydrogen (secondary N) is 1. The van der Waals surface area contributed by atoms with Crippen LogP contribution in [-0.4, -0.2) is 18.1 Å². The zero-order chi connectivity index (χ0) is 11.3. The van der Waals surface area contributed by atoms with Crippen molar-refractivity contribution >= 4 is 0 Å². The van der Waals surface area contributed by atoms with Gasteiger partial charge in [-0.15, -0.1) is 0 Å². The lowest BCUT2D eigenvalue weighted by atomic mass is 9.82. The summed E-state index contributed by atoms with van der Waals surface area (Å²) < 4.78 is 0. The molecule has 2 heteroatoms. The second-order valence-corrected chi connectivity index (χ2v) is 5.23. The van der Waals surface area contributed by atoms with Gasteiger partial charge in [-0.1, -0.05) is 26.2 Å². The van der Waals surface area contributed by atoms with Gasteiger partial charge in [-0.2, -0.15) is 0 Å².